The minimum atomic E-state index is -0.254. The molecule has 0 spiro atoms. The monoisotopic (exact) mass is 533 g/mol. The molecule has 1 saturated heterocycles. The number of nitrogens with one attached hydrogen (secondary N) is 2. The molecule has 39 heavy (non-hydrogen) atoms. The highest BCUT2D eigenvalue weighted by Crippen LogP contribution is 2.31. The summed E-state index contributed by atoms with van der Waals surface area (Å²) >= 11 is 0. The van der Waals surface area contributed by atoms with Crippen molar-refractivity contribution in [1.82, 2.24) is 20.1 Å². The fraction of sp³-hybridized carbons (Fsp3) is 0.419. The van der Waals surface area contributed by atoms with Crippen LogP contribution in [0.4, 0.5) is 5.69 Å². The van der Waals surface area contributed by atoms with Crippen molar-refractivity contribution in [2.45, 2.75) is 33.7 Å². The first-order valence-electron chi connectivity index (χ1n) is 13.6. The molecule has 1 fully saturated rings. The van der Waals surface area contributed by atoms with Crippen LogP contribution in [0.15, 0.2) is 48.7 Å². The third kappa shape index (κ3) is 7.00. The van der Waals surface area contributed by atoms with Gasteiger partial charge in [0.2, 0.25) is 0 Å². The molecule has 8 heteroatoms. The van der Waals surface area contributed by atoms with Crippen molar-refractivity contribution in [3.05, 3.63) is 71.0 Å². The van der Waals surface area contributed by atoms with E-state index in [4.69, 9.17) is 4.74 Å². The lowest BCUT2D eigenvalue weighted by Gasteiger charge is -2.30. The first-order valence-corrected chi connectivity index (χ1v) is 13.6. The summed E-state index contributed by atoms with van der Waals surface area (Å²) in [5.74, 6) is 0.524. The molecule has 1 aliphatic heterocycles. The Hall–Kier alpha value is -3.78. The third-order valence-corrected chi connectivity index (χ3v) is 6.92. The lowest BCUT2D eigenvalue weighted by atomic mass is 10.00. The maximum Gasteiger partial charge on any atom is 0.269 e. The van der Waals surface area contributed by atoms with Crippen LogP contribution in [0.5, 0.6) is 5.75 Å². The molecule has 8 nitrogen and oxygen atoms in total. The molecule has 2 N–H and O–H groups in total. The van der Waals surface area contributed by atoms with Crippen LogP contribution in [-0.4, -0.2) is 68.7 Å². The van der Waals surface area contributed by atoms with Gasteiger partial charge in [0.05, 0.1) is 13.2 Å². The van der Waals surface area contributed by atoms with Crippen molar-refractivity contribution in [2.24, 2.45) is 7.05 Å². The van der Waals surface area contributed by atoms with Gasteiger partial charge < -0.3 is 29.7 Å². The zero-order valence-corrected chi connectivity index (χ0v) is 24.6. The number of aromatic nitrogens is 1. The van der Waals surface area contributed by atoms with E-state index in [2.05, 4.69) is 21.6 Å². The van der Waals surface area contributed by atoms with Gasteiger partial charge in [-0.15, -0.1) is 0 Å². The Balaban J connectivity index is 0.00000205. The van der Waals surface area contributed by atoms with Gasteiger partial charge in [0.25, 0.3) is 11.8 Å². The van der Waals surface area contributed by atoms with E-state index < -0.39 is 0 Å². The molecule has 3 aromatic rings. The number of hydrogen-bond donors (Lipinski definition) is 2. The quantitative estimate of drug-likeness (QED) is 0.463. The standard InChI is InChI=1S/C29H37N5O3.C2H6/c1-19-7-8-24(34-11-9-30-10-12-34)17-26(19)28(35)31-20(2)21-13-22(15-25(14-21)37-6)23-16-27(33(5)18-23)29(36)32(3)4;1-2/h7-8,13-18,20,30H,9-12H2,1-6H3,(H,31,35);1-2H3. The zero-order valence-electron chi connectivity index (χ0n) is 24.6. The summed E-state index contributed by atoms with van der Waals surface area (Å²) in [5, 5.41) is 6.54. The van der Waals surface area contributed by atoms with Gasteiger partial charge in [0.15, 0.2) is 0 Å². The maximum atomic E-state index is 13.4. The Kier molecular flexibility index (Phi) is 10.2. The average Bonchev–Trinajstić information content (AvgIpc) is 3.35. The van der Waals surface area contributed by atoms with E-state index in [1.54, 1.807) is 26.1 Å². The van der Waals surface area contributed by atoms with E-state index in [0.29, 0.717) is 17.0 Å². The second kappa shape index (κ2) is 13.3. The van der Waals surface area contributed by atoms with Crippen molar-refractivity contribution in [2.75, 3.05) is 52.3 Å². The molecule has 1 aromatic heterocycles. The molecule has 1 aliphatic rings. The molecular weight excluding hydrogens is 490 g/mol. The molecule has 0 radical (unpaired) electrons. The smallest absolute Gasteiger partial charge is 0.269 e. The summed E-state index contributed by atoms with van der Waals surface area (Å²) in [7, 11) is 6.97. The Morgan fingerprint density at radius 1 is 1.03 bits per heavy atom. The molecule has 0 aliphatic carbocycles. The number of methoxy groups -OCH3 is 1. The van der Waals surface area contributed by atoms with Gasteiger partial charge in [-0.2, -0.15) is 0 Å². The molecule has 0 bridgehead atoms. The molecule has 2 amide bonds. The molecule has 2 aromatic carbocycles. The predicted molar refractivity (Wildman–Crippen MR) is 159 cm³/mol. The van der Waals surface area contributed by atoms with E-state index in [9.17, 15) is 9.59 Å². The molecule has 2 heterocycles. The molecule has 1 unspecified atom stereocenters. The van der Waals surface area contributed by atoms with Crippen molar-refractivity contribution < 1.29 is 14.3 Å². The number of benzene rings is 2. The zero-order chi connectivity index (χ0) is 28.7. The number of carbonyl (C=O) groups excluding carboxylic acids is 2. The van der Waals surface area contributed by atoms with Crippen molar-refractivity contribution in [3.63, 3.8) is 0 Å². The highest BCUT2D eigenvalue weighted by molar-refractivity contribution is 5.97. The first kappa shape index (κ1) is 29.8. The van der Waals surface area contributed by atoms with E-state index in [1.165, 1.54) is 0 Å². The van der Waals surface area contributed by atoms with Crippen LogP contribution in [-0.2, 0) is 7.05 Å². The van der Waals surface area contributed by atoms with Crippen LogP contribution >= 0.6 is 0 Å². The van der Waals surface area contributed by atoms with Crippen LogP contribution in [0.25, 0.3) is 11.1 Å². The number of aryl methyl sites for hydroxylation is 2. The summed E-state index contributed by atoms with van der Waals surface area (Å²) in [5.41, 5.74) is 6.04. The number of anilines is 1. The summed E-state index contributed by atoms with van der Waals surface area (Å²) in [6.45, 7) is 11.7. The van der Waals surface area contributed by atoms with Crippen LogP contribution in [0.1, 0.15) is 58.8 Å². The summed E-state index contributed by atoms with van der Waals surface area (Å²) in [6.07, 6.45) is 1.93. The normalized spacial score (nSPS) is 13.7. The van der Waals surface area contributed by atoms with Gasteiger partial charge in [-0.05, 0) is 66.9 Å². The van der Waals surface area contributed by atoms with Crippen LogP contribution in [0.3, 0.4) is 0 Å². The first-order chi connectivity index (χ1) is 18.7. The Morgan fingerprint density at radius 3 is 2.36 bits per heavy atom. The molecule has 210 valence electrons. The van der Waals surface area contributed by atoms with Gasteiger partial charge in [-0.3, -0.25) is 9.59 Å². The van der Waals surface area contributed by atoms with E-state index in [1.807, 2.05) is 81.9 Å². The lowest BCUT2D eigenvalue weighted by Crippen LogP contribution is -2.43. The maximum absolute atomic E-state index is 13.4. The van der Waals surface area contributed by atoms with Gasteiger partial charge in [-0.25, -0.2) is 0 Å². The van der Waals surface area contributed by atoms with Gasteiger partial charge in [-0.1, -0.05) is 19.9 Å². The lowest BCUT2D eigenvalue weighted by molar-refractivity contribution is 0.0818. The Morgan fingerprint density at radius 2 is 1.72 bits per heavy atom. The van der Waals surface area contributed by atoms with Crippen LogP contribution in [0, 0.1) is 6.92 Å². The fourth-order valence-electron chi connectivity index (χ4n) is 4.65. The Bertz CT molecular complexity index is 1290. The fourth-order valence-corrected chi connectivity index (χ4v) is 4.65. The number of piperazine rings is 1. The minimum absolute atomic E-state index is 0.0593. The number of rotatable bonds is 7. The van der Waals surface area contributed by atoms with E-state index in [-0.39, 0.29) is 17.9 Å². The van der Waals surface area contributed by atoms with Gasteiger partial charge in [0.1, 0.15) is 11.4 Å². The van der Waals surface area contributed by atoms with Gasteiger partial charge >= 0.3 is 0 Å². The second-order valence-electron chi connectivity index (χ2n) is 9.85. The van der Waals surface area contributed by atoms with Crippen molar-refractivity contribution >= 4 is 17.5 Å². The van der Waals surface area contributed by atoms with E-state index >= 15 is 0 Å². The molecule has 0 saturated carbocycles. The highest BCUT2D eigenvalue weighted by atomic mass is 16.5. The van der Waals surface area contributed by atoms with Crippen molar-refractivity contribution in [3.8, 4) is 16.9 Å². The predicted octanol–water partition coefficient (Wildman–Crippen LogP) is 4.64. The number of amides is 2. The highest BCUT2D eigenvalue weighted by Gasteiger charge is 2.19. The molecule has 4 rings (SSSR count). The summed E-state index contributed by atoms with van der Waals surface area (Å²) < 4.78 is 7.41. The molecule has 1 atom stereocenters. The summed E-state index contributed by atoms with van der Waals surface area (Å²) in [6, 6.07) is 13.6. The van der Waals surface area contributed by atoms with Crippen molar-refractivity contribution in [1.29, 1.82) is 0 Å². The second-order valence-corrected chi connectivity index (χ2v) is 9.85. The minimum Gasteiger partial charge on any atom is -0.497 e. The SMILES string of the molecule is CC.COc1cc(-c2cc(C(=O)N(C)C)n(C)c2)cc(C(C)NC(=O)c2cc(N3CCNCC3)ccc2C)c1. The number of carbonyl (C=O) groups is 2. The number of ether oxygens (including phenoxy) is 1. The van der Waals surface area contributed by atoms with Crippen LogP contribution < -0.4 is 20.3 Å². The Labute approximate surface area is 232 Å². The third-order valence-electron chi connectivity index (χ3n) is 6.92. The summed E-state index contributed by atoms with van der Waals surface area (Å²) in [4.78, 5) is 29.8. The molecular formula is C31H43N5O3. The number of hydrogen-bond acceptors (Lipinski definition) is 5. The largest absolute Gasteiger partial charge is 0.497 e. The topological polar surface area (TPSA) is 78.8 Å². The number of nitrogens with zero attached hydrogens (tertiary/aromatic N) is 3. The van der Waals surface area contributed by atoms with Crippen LogP contribution in [0.2, 0.25) is 0 Å². The van der Waals surface area contributed by atoms with E-state index in [0.717, 1.165) is 54.1 Å². The van der Waals surface area contributed by atoms with Gasteiger partial charge in [0, 0.05) is 70.3 Å². The average molecular weight is 534 g/mol.